The van der Waals surface area contributed by atoms with Gasteiger partial charge in [0.1, 0.15) is 0 Å². The minimum Gasteiger partial charge on any atom is -0.369 e. The number of nitrogens with one attached hydrogen (secondary N) is 2. The fraction of sp³-hybridized carbons (Fsp3) is 0.250. The van der Waals surface area contributed by atoms with Gasteiger partial charge in [-0.25, -0.2) is 9.97 Å². The van der Waals surface area contributed by atoms with Crippen molar-refractivity contribution < 1.29 is 4.79 Å². The maximum Gasteiger partial charge on any atom is 0.261 e. The molecule has 1 aliphatic rings. The van der Waals surface area contributed by atoms with Crippen LogP contribution in [0.5, 0.6) is 0 Å². The normalized spacial score (nSPS) is 14.9. The quantitative estimate of drug-likeness (QED) is 0.365. The van der Waals surface area contributed by atoms with E-state index in [-0.39, 0.29) is 11.9 Å². The van der Waals surface area contributed by atoms with Crippen molar-refractivity contribution in [3.63, 3.8) is 0 Å². The number of aromatic nitrogens is 2. The third-order valence-electron chi connectivity index (χ3n) is 6.36. The Bertz CT molecular complexity index is 1320. The van der Waals surface area contributed by atoms with Crippen LogP contribution in [0, 0.1) is 0 Å². The van der Waals surface area contributed by atoms with Crippen molar-refractivity contribution in [1.82, 2.24) is 20.2 Å². The van der Waals surface area contributed by atoms with Crippen molar-refractivity contribution in [2.75, 3.05) is 43.4 Å². The van der Waals surface area contributed by atoms with Gasteiger partial charge in [0.15, 0.2) is 0 Å². The van der Waals surface area contributed by atoms with Gasteiger partial charge in [-0.1, -0.05) is 36.4 Å². The number of benzene rings is 2. The number of carbonyl (C=O) groups is 1. The van der Waals surface area contributed by atoms with Gasteiger partial charge in [0.2, 0.25) is 5.95 Å². The summed E-state index contributed by atoms with van der Waals surface area (Å²) in [7, 11) is 2.16. The van der Waals surface area contributed by atoms with E-state index in [1.54, 1.807) is 6.20 Å². The van der Waals surface area contributed by atoms with Gasteiger partial charge in [0, 0.05) is 43.8 Å². The van der Waals surface area contributed by atoms with Crippen molar-refractivity contribution in [2.24, 2.45) is 0 Å². The molecule has 0 spiro atoms. The second-order valence-corrected chi connectivity index (χ2v) is 10.1. The fourth-order valence-electron chi connectivity index (χ4n) is 4.22. The average Bonchev–Trinajstić information content (AvgIpc) is 3.41. The minimum atomic E-state index is -0.0873. The third-order valence-corrected chi connectivity index (χ3v) is 7.46. The van der Waals surface area contributed by atoms with E-state index >= 15 is 0 Å². The molecule has 2 aromatic carbocycles. The highest BCUT2D eigenvalue weighted by Gasteiger charge is 2.16. The summed E-state index contributed by atoms with van der Waals surface area (Å²) in [5.74, 6) is 0.441. The smallest absolute Gasteiger partial charge is 0.261 e. The molecule has 3 heterocycles. The number of anilines is 3. The van der Waals surface area contributed by atoms with Gasteiger partial charge < -0.3 is 20.4 Å². The molecule has 1 saturated heterocycles. The Morgan fingerprint density at radius 1 is 0.972 bits per heavy atom. The highest BCUT2D eigenvalue weighted by molar-refractivity contribution is 7.17. The lowest BCUT2D eigenvalue weighted by atomic mass is 10.1. The van der Waals surface area contributed by atoms with E-state index in [4.69, 9.17) is 4.98 Å². The van der Waals surface area contributed by atoms with Crippen LogP contribution in [0.3, 0.4) is 0 Å². The second kappa shape index (κ2) is 10.9. The summed E-state index contributed by atoms with van der Waals surface area (Å²) in [5.41, 5.74) is 4.00. The highest BCUT2D eigenvalue weighted by Crippen LogP contribution is 2.29. The maximum absolute atomic E-state index is 12.8. The number of hydrogen-bond donors (Lipinski definition) is 2. The molecule has 36 heavy (non-hydrogen) atoms. The molecular formula is C28H30N6OS. The molecule has 0 radical (unpaired) electrons. The Labute approximate surface area is 215 Å². The molecule has 0 unspecified atom stereocenters. The summed E-state index contributed by atoms with van der Waals surface area (Å²) in [6.07, 6.45) is 1.74. The summed E-state index contributed by atoms with van der Waals surface area (Å²) in [6.45, 7) is 6.15. The van der Waals surface area contributed by atoms with Gasteiger partial charge in [-0.2, -0.15) is 0 Å². The van der Waals surface area contributed by atoms with Crippen molar-refractivity contribution in [2.45, 2.75) is 13.0 Å². The van der Waals surface area contributed by atoms with E-state index in [2.05, 4.69) is 50.7 Å². The Kier molecular flexibility index (Phi) is 7.25. The Hall–Kier alpha value is -3.75. The van der Waals surface area contributed by atoms with Gasteiger partial charge in [-0.15, -0.1) is 11.3 Å². The lowest BCUT2D eigenvalue weighted by molar-refractivity contribution is 0.0944. The zero-order chi connectivity index (χ0) is 24.9. The lowest BCUT2D eigenvalue weighted by Crippen LogP contribution is -2.44. The zero-order valence-corrected chi connectivity index (χ0v) is 21.3. The third kappa shape index (κ3) is 5.72. The summed E-state index contributed by atoms with van der Waals surface area (Å²) >= 11 is 1.43. The van der Waals surface area contributed by atoms with Crippen LogP contribution >= 0.6 is 11.3 Å². The molecule has 0 saturated carbocycles. The Morgan fingerprint density at radius 2 is 1.78 bits per heavy atom. The van der Waals surface area contributed by atoms with Crippen LogP contribution in [0.1, 0.15) is 28.2 Å². The van der Waals surface area contributed by atoms with Crippen LogP contribution < -0.4 is 15.5 Å². The number of rotatable bonds is 7. The molecular weight excluding hydrogens is 468 g/mol. The maximum atomic E-state index is 12.8. The SMILES string of the molecule is C[C@@H](NC(=O)c1ccc(-c2ccnc(Nc3cccc(N4CCN(C)CC4)c3)n2)s1)c1ccccc1. The van der Waals surface area contributed by atoms with E-state index in [0.717, 1.165) is 48.0 Å². The molecule has 2 aromatic heterocycles. The summed E-state index contributed by atoms with van der Waals surface area (Å²) < 4.78 is 0. The van der Waals surface area contributed by atoms with E-state index in [1.165, 1.54) is 17.0 Å². The predicted molar refractivity (Wildman–Crippen MR) is 147 cm³/mol. The first-order chi connectivity index (χ1) is 17.5. The van der Waals surface area contributed by atoms with Gasteiger partial charge in [-0.3, -0.25) is 4.79 Å². The zero-order valence-electron chi connectivity index (χ0n) is 20.5. The molecule has 8 heteroatoms. The van der Waals surface area contributed by atoms with E-state index in [0.29, 0.717) is 10.8 Å². The van der Waals surface area contributed by atoms with Gasteiger partial charge in [-0.05, 0) is 55.9 Å². The number of amides is 1. The van der Waals surface area contributed by atoms with Gasteiger partial charge in [0.25, 0.3) is 5.91 Å². The molecule has 0 bridgehead atoms. The van der Waals surface area contributed by atoms with Crippen LogP contribution in [0.2, 0.25) is 0 Å². The molecule has 184 valence electrons. The number of likely N-dealkylation sites (N-methyl/N-ethyl adjacent to an activating group) is 1. The van der Waals surface area contributed by atoms with Crippen molar-refractivity contribution >= 4 is 34.6 Å². The molecule has 5 rings (SSSR count). The average molecular weight is 499 g/mol. The number of hydrogen-bond acceptors (Lipinski definition) is 7. The molecule has 1 fully saturated rings. The Balaban J connectivity index is 1.26. The van der Waals surface area contributed by atoms with Crippen molar-refractivity contribution in [1.29, 1.82) is 0 Å². The fourth-order valence-corrected chi connectivity index (χ4v) is 5.10. The summed E-state index contributed by atoms with van der Waals surface area (Å²) in [6, 6.07) is 23.9. The number of thiophene rings is 1. The second-order valence-electron chi connectivity index (χ2n) is 9.00. The predicted octanol–water partition coefficient (Wildman–Crippen LogP) is 5.19. The molecule has 2 N–H and O–H groups in total. The topological polar surface area (TPSA) is 73.4 Å². The lowest BCUT2D eigenvalue weighted by Gasteiger charge is -2.34. The molecule has 1 atom stereocenters. The van der Waals surface area contributed by atoms with Gasteiger partial charge >= 0.3 is 0 Å². The van der Waals surface area contributed by atoms with E-state index in [1.807, 2.05) is 61.5 Å². The monoisotopic (exact) mass is 498 g/mol. The number of piperazine rings is 1. The van der Waals surface area contributed by atoms with E-state index < -0.39 is 0 Å². The minimum absolute atomic E-state index is 0.0688. The number of carbonyl (C=O) groups excluding carboxylic acids is 1. The van der Waals surface area contributed by atoms with Crippen LogP contribution in [-0.2, 0) is 0 Å². The first-order valence-electron chi connectivity index (χ1n) is 12.1. The largest absolute Gasteiger partial charge is 0.369 e. The molecule has 7 nitrogen and oxygen atoms in total. The first-order valence-corrected chi connectivity index (χ1v) is 13.0. The summed E-state index contributed by atoms with van der Waals surface area (Å²) in [4.78, 5) is 28.3. The van der Waals surface area contributed by atoms with Crippen LogP contribution in [-0.4, -0.2) is 54.0 Å². The van der Waals surface area contributed by atoms with E-state index in [9.17, 15) is 4.79 Å². The van der Waals surface area contributed by atoms with Crippen LogP contribution in [0.4, 0.5) is 17.3 Å². The number of nitrogens with zero attached hydrogens (tertiary/aromatic N) is 4. The first kappa shape index (κ1) is 24.0. The highest BCUT2D eigenvalue weighted by atomic mass is 32.1. The summed E-state index contributed by atoms with van der Waals surface area (Å²) in [5, 5.41) is 6.42. The Morgan fingerprint density at radius 3 is 2.58 bits per heavy atom. The molecule has 1 amide bonds. The van der Waals surface area contributed by atoms with Crippen LogP contribution in [0.25, 0.3) is 10.6 Å². The molecule has 4 aromatic rings. The van der Waals surface area contributed by atoms with Crippen molar-refractivity contribution in [3.8, 4) is 10.6 Å². The van der Waals surface area contributed by atoms with Gasteiger partial charge in [0.05, 0.1) is 21.5 Å². The molecule has 1 aliphatic heterocycles. The van der Waals surface area contributed by atoms with Crippen LogP contribution in [0.15, 0.2) is 79.0 Å². The standard InChI is InChI=1S/C28H30N6OS/c1-20(21-7-4-3-5-8-21)30-27(35)26-12-11-25(36-26)24-13-14-29-28(32-24)31-22-9-6-10-23(19-22)34-17-15-33(2)16-18-34/h3-14,19-20H,15-18H2,1-2H3,(H,30,35)(H,29,31,32)/t20-/m1/s1. The van der Waals surface area contributed by atoms with Crippen molar-refractivity contribution in [3.05, 3.63) is 89.4 Å². The molecule has 0 aliphatic carbocycles.